The van der Waals surface area contributed by atoms with E-state index in [0.29, 0.717) is 18.3 Å². The van der Waals surface area contributed by atoms with Crippen molar-refractivity contribution in [1.82, 2.24) is 15.1 Å². The molecule has 100 valence electrons. The molecule has 2 N–H and O–H groups in total. The highest BCUT2D eigenvalue weighted by molar-refractivity contribution is 5.53. The standard InChI is InChI=1S/C14H18N4O/c1-10-4-2-7-16-12(10)13-17-11(19-18-13)8-14(9-15)5-3-6-14/h2,4,7H,3,5-6,8-9,15H2,1H3. The van der Waals surface area contributed by atoms with E-state index in [4.69, 9.17) is 10.3 Å². The van der Waals surface area contributed by atoms with Crippen molar-refractivity contribution in [3.8, 4) is 11.5 Å². The Labute approximate surface area is 112 Å². The third-order valence-corrected chi connectivity index (χ3v) is 4.06. The summed E-state index contributed by atoms with van der Waals surface area (Å²) in [6, 6.07) is 3.89. The fraction of sp³-hybridized carbons (Fsp3) is 0.500. The molecule has 2 aromatic rings. The fourth-order valence-corrected chi connectivity index (χ4v) is 2.59. The van der Waals surface area contributed by atoms with Crippen LogP contribution in [-0.2, 0) is 6.42 Å². The lowest BCUT2D eigenvalue weighted by Gasteiger charge is -2.39. The number of nitrogens with zero attached hydrogens (tertiary/aromatic N) is 3. The molecule has 0 aromatic carbocycles. The number of rotatable bonds is 4. The van der Waals surface area contributed by atoms with E-state index in [1.165, 1.54) is 6.42 Å². The first-order valence-corrected chi connectivity index (χ1v) is 6.67. The van der Waals surface area contributed by atoms with E-state index in [9.17, 15) is 0 Å². The summed E-state index contributed by atoms with van der Waals surface area (Å²) in [6.07, 6.45) is 6.08. The minimum Gasteiger partial charge on any atom is -0.339 e. The Balaban J connectivity index is 1.82. The van der Waals surface area contributed by atoms with Gasteiger partial charge in [0.2, 0.25) is 11.7 Å². The molecule has 5 nitrogen and oxygen atoms in total. The van der Waals surface area contributed by atoms with Gasteiger partial charge in [-0.15, -0.1) is 0 Å². The van der Waals surface area contributed by atoms with Crippen LogP contribution in [0, 0.1) is 12.3 Å². The van der Waals surface area contributed by atoms with Crippen molar-refractivity contribution in [1.29, 1.82) is 0 Å². The molecule has 0 bridgehead atoms. The molecule has 2 aromatic heterocycles. The van der Waals surface area contributed by atoms with E-state index in [1.807, 2.05) is 19.1 Å². The van der Waals surface area contributed by atoms with Crippen molar-refractivity contribution < 1.29 is 4.52 Å². The van der Waals surface area contributed by atoms with Crippen LogP contribution < -0.4 is 5.73 Å². The van der Waals surface area contributed by atoms with E-state index in [-0.39, 0.29) is 5.41 Å². The molecule has 3 rings (SSSR count). The highest BCUT2D eigenvalue weighted by Crippen LogP contribution is 2.42. The molecule has 5 heteroatoms. The molecule has 0 atom stereocenters. The number of aryl methyl sites for hydroxylation is 1. The van der Waals surface area contributed by atoms with Crippen molar-refractivity contribution in [2.24, 2.45) is 11.1 Å². The summed E-state index contributed by atoms with van der Waals surface area (Å²) >= 11 is 0. The lowest BCUT2D eigenvalue weighted by Crippen LogP contribution is -2.39. The Kier molecular flexibility index (Phi) is 3.06. The van der Waals surface area contributed by atoms with Crippen LogP contribution in [0.3, 0.4) is 0 Å². The molecule has 1 fully saturated rings. The lowest BCUT2D eigenvalue weighted by molar-refractivity contribution is 0.129. The van der Waals surface area contributed by atoms with Gasteiger partial charge in [0.1, 0.15) is 5.69 Å². The molecule has 1 saturated carbocycles. The van der Waals surface area contributed by atoms with Gasteiger partial charge in [-0.2, -0.15) is 4.98 Å². The lowest BCUT2D eigenvalue weighted by atomic mass is 9.67. The second-order valence-electron chi connectivity index (χ2n) is 5.42. The maximum absolute atomic E-state index is 5.86. The number of hydrogen-bond donors (Lipinski definition) is 1. The molecule has 0 spiro atoms. The van der Waals surface area contributed by atoms with E-state index in [1.54, 1.807) is 6.20 Å². The zero-order chi connectivity index (χ0) is 13.3. The van der Waals surface area contributed by atoms with Crippen LogP contribution in [-0.4, -0.2) is 21.7 Å². The van der Waals surface area contributed by atoms with E-state index < -0.39 is 0 Å². The molecule has 0 unspecified atom stereocenters. The van der Waals surface area contributed by atoms with Gasteiger partial charge >= 0.3 is 0 Å². The maximum Gasteiger partial charge on any atom is 0.227 e. The molecule has 1 aliphatic rings. The Hall–Kier alpha value is -1.75. The average molecular weight is 258 g/mol. The van der Waals surface area contributed by atoms with Crippen molar-refractivity contribution >= 4 is 0 Å². The minimum atomic E-state index is 0.183. The van der Waals surface area contributed by atoms with Crippen LogP contribution in [0.15, 0.2) is 22.9 Å². The summed E-state index contributed by atoms with van der Waals surface area (Å²) < 4.78 is 5.35. The summed E-state index contributed by atoms with van der Waals surface area (Å²) in [5.41, 5.74) is 7.87. The molecule has 0 radical (unpaired) electrons. The maximum atomic E-state index is 5.86. The highest BCUT2D eigenvalue weighted by atomic mass is 16.5. The SMILES string of the molecule is Cc1cccnc1-c1noc(CC2(CN)CCC2)n1. The third kappa shape index (κ3) is 2.26. The van der Waals surface area contributed by atoms with Crippen molar-refractivity contribution in [3.63, 3.8) is 0 Å². The van der Waals surface area contributed by atoms with Crippen LogP contribution in [0.2, 0.25) is 0 Å². The van der Waals surface area contributed by atoms with Gasteiger partial charge in [-0.3, -0.25) is 4.98 Å². The molecule has 1 aliphatic carbocycles. The summed E-state index contributed by atoms with van der Waals surface area (Å²) in [5.74, 6) is 1.24. The number of hydrogen-bond acceptors (Lipinski definition) is 5. The van der Waals surface area contributed by atoms with E-state index in [0.717, 1.165) is 30.5 Å². The molecule has 2 heterocycles. The first-order chi connectivity index (χ1) is 9.22. The average Bonchev–Trinajstić information content (AvgIpc) is 2.83. The minimum absolute atomic E-state index is 0.183. The first-order valence-electron chi connectivity index (χ1n) is 6.67. The van der Waals surface area contributed by atoms with Crippen molar-refractivity contribution in [3.05, 3.63) is 29.8 Å². The summed E-state index contributed by atoms with van der Waals surface area (Å²) in [6.45, 7) is 2.68. The predicted molar refractivity (Wildman–Crippen MR) is 71.3 cm³/mol. The quantitative estimate of drug-likeness (QED) is 0.908. The fourth-order valence-electron chi connectivity index (χ4n) is 2.59. The second kappa shape index (κ2) is 4.74. The molecular formula is C14H18N4O. The number of pyridine rings is 1. The van der Waals surface area contributed by atoms with E-state index in [2.05, 4.69) is 15.1 Å². The Bertz CT molecular complexity index is 569. The van der Waals surface area contributed by atoms with Gasteiger partial charge in [-0.25, -0.2) is 0 Å². The second-order valence-corrected chi connectivity index (χ2v) is 5.42. The smallest absolute Gasteiger partial charge is 0.227 e. The van der Waals surface area contributed by atoms with Gasteiger partial charge in [0, 0.05) is 12.6 Å². The summed E-state index contributed by atoms with van der Waals surface area (Å²) in [4.78, 5) is 8.76. The zero-order valence-corrected chi connectivity index (χ0v) is 11.1. The van der Waals surface area contributed by atoms with Gasteiger partial charge in [0.25, 0.3) is 0 Å². The van der Waals surface area contributed by atoms with Crippen LogP contribution in [0.25, 0.3) is 11.5 Å². The van der Waals surface area contributed by atoms with Crippen LogP contribution >= 0.6 is 0 Å². The third-order valence-electron chi connectivity index (χ3n) is 4.06. The molecule has 0 aliphatic heterocycles. The summed E-state index contributed by atoms with van der Waals surface area (Å²) in [5, 5.41) is 4.03. The topological polar surface area (TPSA) is 77.8 Å². The number of nitrogens with two attached hydrogens (primary N) is 1. The largest absolute Gasteiger partial charge is 0.339 e. The van der Waals surface area contributed by atoms with E-state index >= 15 is 0 Å². The van der Waals surface area contributed by atoms with Gasteiger partial charge in [-0.05, 0) is 43.4 Å². The molecule has 0 saturated heterocycles. The van der Waals surface area contributed by atoms with Gasteiger partial charge in [0.05, 0.1) is 0 Å². The first kappa shape index (κ1) is 12.3. The Morgan fingerprint density at radius 2 is 2.26 bits per heavy atom. The summed E-state index contributed by atoms with van der Waals surface area (Å²) in [7, 11) is 0. The molecular weight excluding hydrogens is 240 g/mol. The predicted octanol–water partition coefficient (Wildman–Crippen LogP) is 2.11. The Morgan fingerprint density at radius 3 is 2.89 bits per heavy atom. The van der Waals surface area contributed by atoms with Gasteiger partial charge in [-0.1, -0.05) is 17.6 Å². The van der Waals surface area contributed by atoms with Crippen LogP contribution in [0.5, 0.6) is 0 Å². The van der Waals surface area contributed by atoms with Gasteiger partial charge in [0.15, 0.2) is 0 Å². The molecule has 0 amide bonds. The van der Waals surface area contributed by atoms with Crippen molar-refractivity contribution in [2.75, 3.05) is 6.54 Å². The van der Waals surface area contributed by atoms with Gasteiger partial charge < -0.3 is 10.3 Å². The normalized spacial score (nSPS) is 17.2. The monoisotopic (exact) mass is 258 g/mol. The van der Waals surface area contributed by atoms with Crippen molar-refractivity contribution in [2.45, 2.75) is 32.6 Å². The molecule has 19 heavy (non-hydrogen) atoms. The van der Waals surface area contributed by atoms with Crippen LogP contribution in [0.1, 0.15) is 30.7 Å². The highest BCUT2D eigenvalue weighted by Gasteiger charge is 2.37. The zero-order valence-electron chi connectivity index (χ0n) is 11.1. The Morgan fingerprint density at radius 1 is 1.42 bits per heavy atom. The van der Waals surface area contributed by atoms with Crippen LogP contribution in [0.4, 0.5) is 0 Å². The number of aromatic nitrogens is 3.